The van der Waals surface area contributed by atoms with Crippen molar-refractivity contribution in [2.24, 2.45) is 0 Å². The first kappa shape index (κ1) is 17.5. The van der Waals surface area contributed by atoms with E-state index in [-0.39, 0.29) is 23.5 Å². The van der Waals surface area contributed by atoms with E-state index in [1.54, 1.807) is 6.07 Å². The van der Waals surface area contributed by atoms with Gasteiger partial charge in [0, 0.05) is 18.6 Å². The lowest BCUT2D eigenvalue weighted by Crippen LogP contribution is -2.32. The van der Waals surface area contributed by atoms with E-state index in [1.165, 1.54) is 24.3 Å². The monoisotopic (exact) mass is 351 g/mol. The average molecular weight is 351 g/mol. The average Bonchev–Trinajstić information content (AvgIpc) is 2.64. The Labute approximate surface area is 150 Å². The van der Waals surface area contributed by atoms with Crippen LogP contribution in [0.1, 0.15) is 24.0 Å². The Kier molecular flexibility index (Phi) is 5.22. The molecule has 132 valence electrons. The summed E-state index contributed by atoms with van der Waals surface area (Å²) in [5.74, 6) is -0.975. The first-order chi connectivity index (χ1) is 12.5. The van der Waals surface area contributed by atoms with Crippen LogP contribution in [0.15, 0.2) is 60.2 Å². The summed E-state index contributed by atoms with van der Waals surface area (Å²) in [5.41, 5.74) is 1.37. The zero-order valence-corrected chi connectivity index (χ0v) is 14.0. The number of ketones is 1. The molecule has 3 rings (SSSR count). The van der Waals surface area contributed by atoms with Gasteiger partial charge in [-0.15, -0.1) is 0 Å². The summed E-state index contributed by atoms with van der Waals surface area (Å²) in [6, 6.07) is 15.5. The highest BCUT2D eigenvalue weighted by molar-refractivity contribution is 6.22. The molecule has 1 atom stereocenters. The van der Waals surface area contributed by atoms with Crippen LogP contribution in [0.5, 0.6) is 0 Å². The number of nitro benzene ring substituents is 1. The molecule has 1 heterocycles. The molecule has 0 aliphatic carbocycles. The highest BCUT2D eigenvalue weighted by Crippen LogP contribution is 2.23. The van der Waals surface area contributed by atoms with Crippen LogP contribution in [0.3, 0.4) is 0 Å². The normalized spacial score (nSPS) is 18.6. The van der Waals surface area contributed by atoms with E-state index in [0.717, 1.165) is 12.0 Å². The van der Waals surface area contributed by atoms with Gasteiger partial charge in [-0.05, 0) is 30.0 Å². The fourth-order valence-electron chi connectivity index (χ4n) is 2.85. The molecule has 26 heavy (non-hydrogen) atoms. The lowest BCUT2D eigenvalue weighted by atomic mass is 9.96. The van der Waals surface area contributed by atoms with E-state index >= 15 is 0 Å². The number of nitrogens with zero attached hydrogens (tertiary/aromatic N) is 1. The largest absolute Gasteiger partial charge is 0.458 e. The first-order valence-corrected chi connectivity index (χ1v) is 8.27. The molecule has 0 saturated carbocycles. The molecule has 1 aliphatic rings. The lowest BCUT2D eigenvalue weighted by Gasteiger charge is -2.23. The quantitative estimate of drug-likeness (QED) is 0.270. The summed E-state index contributed by atoms with van der Waals surface area (Å²) in [6.07, 6.45) is 2.32. The van der Waals surface area contributed by atoms with Gasteiger partial charge in [-0.3, -0.25) is 14.9 Å². The van der Waals surface area contributed by atoms with Crippen molar-refractivity contribution in [1.29, 1.82) is 0 Å². The van der Waals surface area contributed by atoms with Crippen molar-refractivity contribution in [3.05, 3.63) is 81.4 Å². The van der Waals surface area contributed by atoms with Crippen LogP contribution in [0, 0.1) is 10.1 Å². The van der Waals surface area contributed by atoms with E-state index in [0.29, 0.717) is 12.0 Å². The Balaban J connectivity index is 1.69. The number of Topliss-reactive ketones (excluding diaryl/α,β-unsaturated/α-hetero) is 1. The number of benzene rings is 2. The number of hydrogen-bond donors (Lipinski definition) is 0. The highest BCUT2D eigenvalue weighted by atomic mass is 16.6. The van der Waals surface area contributed by atoms with Gasteiger partial charge in [-0.25, -0.2) is 4.79 Å². The van der Waals surface area contributed by atoms with Gasteiger partial charge in [0.1, 0.15) is 11.7 Å². The summed E-state index contributed by atoms with van der Waals surface area (Å²) < 4.78 is 5.38. The zero-order chi connectivity index (χ0) is 18.5. The molecule has 0 amide bonds. The molecule has 6 nitrogen and oxygen atoms in total. The van der Waals surface area contributed by atoms with Crippen LogP contribution >= 0.6 is 0 Å². The van der Waals surface area contributed by atoms with Gasteiger partial charge in [0.05, 0.1) is 4.92 Å². The van der Waals surface area contributed by atoms with Crippen molar-refractivity contribution in [2.75, 3.05) is 0 Å². The molecular weight excluding hydrogens is 334 g/mol. The smallest absolute Gasteiger partial charge is 0.342 e. The molecule has 0 radical (unpaired) electrons. The molecule has 1 saturated heterocycles. The van der Waals surface area contributed by atoms with E-state index < -0.39 is 17.0 Å². The number of rotatable bonds is 5. The number of esters is 1. The van der Waals surface area contributed by atoms with Crippen molar-refractivity contribution in [3.8, 4) is 0 Å². The molecule has 0 N–H and O–H groups in total. The van der Waals surface area contributed by atoms with Crippen molar-refractivity contribution in [2.45, 2.75) is 25.4 Å². The third-order valence-electron chi connectivity index (χ3n) is 4.20. The summed E-state index contributed by atoms with van der Waals surface area (Å²) >= 11 is 0. The third kappa shape index (κ3) is 4.22. The predicted molar refractivity (Wildman–Crippen MR) is 95.3 cm³/mol. The SMILES string of the molecule is O=C1CC(CCc2ccccc2)OC(=O)/C1=C\c1cccc([N+](=O)[O-])c1. The molecule has 1 aliphatic heterocycles. The maximum atomic E-state index is 12.3. The van der Waals surface area contributed by atoms with Crippen LogP contribution in [-0.4, -0.2) is 22.8 Å². The van der Waals surface area contributed by atoms with Gasteiger partial charge in [-0.2, -0.15) is 0 Å². The molecule has 0 spiro atoms. The van der Waals surface area contributed by atoms with Crippen molar-refractivity contribution >= 4 is 23.5 Å². The Bertz CT molecular complexity index is 853. The van der Waals surface area contributed by atoms with Crippen molar-refractivity contribution in [1.82, 2.24) is 0 Å². The Morgan fingerprint density at radius 2 is 1.88 bits per heavy atom. The number of ether oxygens (including phenoxy) is 1. The van der Waals surface area contributed by atoms with Gasteiger partial charge in [0.2, 0.25) is 0 Å². The molecule has 0 bridgehead atoms. The summed E-state index contributed by atoms with van der Waals surface area (Å²) in [7, 11) is 0. The van der Waals surface area contributed by atoms with Crippen LogP contribution in [0.25, 0.3) is 6.08 Å². The lowest BCUT2D eigenvalue weighted by molar-refractivity contribution is -0.384. The third-order valence-corrected chi connectivity index (χ3v) is 4.20. The highest BCUT2D eigenvalue weighted by Gasteiger charge is 2.31. The number of carbonyl (C=O) groups is 2. The molecule has 0 aromatic heterocycles. The molecular formula is C20H17NO5. The minimum atomic E-state index is -0.675. The minimum absolute atomic E-state index is 0.0681. The maximum Gasteiger partial charge on any atom is 0.342 e. The molecule has 2 aromatic rings. The van der Waals surface area contributed by atoms with Gasteiger partial charge in [0.15, 0.2) is 5.78 Å². The van der Waals surface area contributed by atoms with Crippen molar-refractivity contribution in [3.63, 3.8) is 0 Å². The van der Waals surface area contributed by atoms with Gasteiger partial charge in [-0.1, -0.05) is 42.5 Å². The van der Waals surface area contributed by atoms with E-state index in [2.05, 4.69) is 0 Å². The molecule has 2 aromatic carbocycles. The Hall–Kier alpha value is -3.28. The second-order valence-corrected chi connectivity index (χ2v) is 6.09. The number of cyclic esters (lactones) is 1. The minimum Gasteiger partial charge on any atom is -0.458 e. The standard InChI is InChI=1S/C20H17NO5/c22-19-13-17(10-9-14-5-2-1-3-6-14)26-20(23)18(19)12-15-7-4-8-16(11-15)21(24)25/h1-8,11-12,17H,9-10,13H2/b18-12-. The maximum absolute atomic E-state index is 12.3. The molecule has 6 heteroatoms. The van der Waals surface area contributed by atoms with Crippen LogP contribution in [0.2, 0.25) is 0 Å². The molecule has 1 unspecified atom stereocenters. The van der Waals surface area contributed by atoms with Gasteiger partial charge >= 0.3 is 5.97 Å². The number of carbonyl (C=O) groups excluding carboxylic acids is 2. The van der Waals surface area contributed by atoms with Crippen LogP contribution < -0.4 is 0 Å². The fraction of sp³-hybridized carbons (Fsp3) is 0.200. The number of non-ortho nitro benzene ring substituents is 1. The summed E-state index contributed by atoms with van der Waals surface area (Å²) in [4.78, 5) is 34.9. The van der Waals surface area contributed by atoms with Gasteiger partial charge < -0.3 is 4.74 Å². The second kappa shape index (κ2) is 7.74. The van der Waals surface area contributed by atoms with E-state index in [9.17, 15) is 19.7 Å². The number of nitro groups is 1. The number of hydrogen-bond acceptors (Lipinski definition) is 5. The number of aryl methyl sites for hydroxylation is 1. The van der Waals surface area contributed by atoms with Crippen molar-refractivity contribution < 1.29 is 19.2 Å². The summed E-state index contributed by atoms with van der Waals surface area (Å²) in [5, 5.41) is 10.8. The predicted octanol–water partition coefficient (Wildman–Crippen LogP) is 3.50. The fourth-order valence-corrected chi connectivity index (χ4v) is 2.85. The van der Waals surface area contributed by atoms with Gasteiger partial charge in [0.25, 0.3) is 5.69 Å². The molecule has 1 fully saturated rings. The second-order valence-electron chi connectivity index (χ2n) is 6.09. The Morgan fingerprint density at radius 1 is 1.12 bits per heavy atom. The first-order valence-electron chi connectivity index (χ1n) is 8.27. The van der Waals surface area contributed by atoms with E-state index in [4.69, 9.17) is 4.74 Å². The summed E-state index contributed by atoms with van der Waals surface area (Å²) in [6.45, 7) is 0. The van der Waals surface area contributed by atoms with Crippen LogP contribution in [-0.2, 0) is 20.7 Å². The van der Waals surface area contributed by atoms with E-state index in [1.807, 2.05) is 30.3 Å². The zero-order valence-electron chi connectivity index (χ0n) is 14.0. The topological polar surface area (TPSA) is 86.5 Å². The Morgan fingerprint density at radius 3 is 2.58 bits per heavy atom. The van der Waals surface area contributed by atoms with Crippen LogP contribution in [0.4, 0.5) is 5.69 Å².